The highest BCUT2D eigenvalue weighted by atomic mass is 35.5. The van der Waals surface area contributed by atoms with E-state index in [0.29, 0.717) is 28.3 Å². The molecule has 4 rings (SSSR count). The lowest BCUT2D eigenvalue weighted by Gasteiger charge is -2.00. The molecule has 0 amide bonds. The van der Waals surface area contributed by atoms with Crippen molar-refractivity contribution in [3.8, 4) is 17.0 Å². The molecule has 142 valence electrons. The van der Waals surface area contributed by atoms with Gasteiger partial charge in [-0.15, -0.1) is 10.2 Å². The van der Waals surface area contributed by atoms with Crippen molar-refractivity contribution in [3.63, 3.8) is 0 Å². The van der Waals surface area contributed by atoms with Crippen molar-refractivity contribution in [3.05, 3.63) is 76.8 Å². The smallest absolute Gasteiger partial charge is 0.277 e. The van der Waals surface area contributed by atoms with Crippen LogP contribution in [0.1, 0.15) is 17.2 Å². The molecule has 2 aromatic heterocycles. The minimum atomic E-state index is 0.493. The predicted molar refractivity (Wildman–Crippen MR) is 107 cm³/mol. The Morgan fingerprint density at radius 3 is 2.57 bits per heavy atom. The van der Waals surface area contributed by atoms with Gasteiger partial charge >= 0.3 is 0 Å². The van der Waals surface area contributed by atoms with Gasteiger partial charge < -0.3 is 13.7 Å². The quantitative estimate of drug-likeness (QED) is 0.382. The second kappa shape index (κ2) is 8.50. The summed E-state index contributed by atoms with van der Waals surface area (Å²) in [7, 11) is 1.64. The van der Waals surface area contributed by atoms with Gasteiger partial charge in [-0.1, -0.05) is 52.8 Å². The van der Waals surface area contributed by atoms with Crippen LogP contribution in [-0.4, -0.2) is 22.5 Å². The standard InChI is InChI=1S/C20H16ClN3O3S/c1-25-16-8-2-13(3-9-16)10-19-22-23-20(26-19)28-12-17-11-18(24-27-17)14-4-6-15(21)7-5-14/h2-9,11H,10,12H2,1H3. The van der Waals surface area contributed by atoms with Gasteiger partial charge in [0.15, 0.2) is 0 Å². The summed E-state index contributed by atoms with van der Waals surface area (Å²) in [6.07, 6.45) is 0.570. The molecule has 0 saturated carbocycles. The van der Waals surface area contributed by atoms with Crippen LogP contribution >= 0.6 is 23.4 Å². The third kappa shape index (κ3) is 4.55. The monoisotopic (exact) mass is 413 g/mol. The Bertz CT molecular complexity index is 1050. The molecule has 0 radical (unpaired) electrons. The molecule has 0 saturated heterocycles. The SMILES string of the molecule is COc1ccc(Cc2nnc(SCc3cc(-c4ccc(Cl)cc4)no3)o2)cc1. The molecule has 0 aliphatic carbocycles. The third-order valence-electron chi connectivity index (χ3n) is 4.00. The van der Waals surface area contributed by atoms with Crippen molar-refractivity contribution < 1.29 is 13.7 Å². The summed E-state index contributed by atoms with van der Waals surface area (Å²) in [6, 6.07) is 17.1. The normalized spacial score (nSPS) is 10.9. The van der Waals surface area contributed by atoms with Gasteiger partial charge in [0.2, 0.25) is 5.89 Å². The van der Waals surface area contributed by atoms with Crippen molar-refractivity contribution in [1.82, 2.24) is 15.4 Å². The van der Waals surface area contributed by atoms with Gasteiger partial charge in [-0.05, 0) is 29.8 Å². The van der Waals surface area contributed by atoms with Crippen molar-refractivity contribution in [2.75, 3.05) is 7.11 Å². The maximum Gasteiger partial charge on any atom is 0.277 e. The van der Waals surface area contributed by atoms with Gasteiger partial charge in [0, 0.05) is 16.7 Å². The molecule has 0 unspecified atom stereocenters. The van der Waals surface area contributed by atoms with Crippen LogP contribution in [0, 0.1) is 0 Å². The maximum atomic E-state index is 5.91. The highest BCUT2D eigenvalue weighted by Crippen LogP contribution is 2.26. The number of hydrogen-bond acceptors (Lipinski definition) is 7. The Kier molecular flexibility index (Phi) is 5.64. The topological polar surface area (TPSA) is 74.2 Å². The van der Waals surface area contributed by atoms with E-state index in [9.17, 15) is 0 Å². The lowest BCUT2D eigenvalue weighted by molar-refractivity contribution is 0.395. The Balaban J connectivity index is 1.35. The molecular formula is C20H16ClN3O3S. The molecule has 0 spiro atoms. The zero-order valence-electron chi connectivity index (χ0n) is 15.0. The first-order chi connectivity index (χ1) is 13.7. The third-order valence-corrected chi connectivity index (χ3v) is 5.09. The second-order valence-corrected chi connectivity index (χ2v) is 7.32. The molecule has 2 aromatic carbocycles. The number of aromatic nitrogens is 3. The van der Waals surface area contributed by atoms with Crippen molar-refractivity contribution in [1.29, 1.82) is 0 Å². The zero-order chi connectivity index (χ0) is 19.3. The van der Waals surface area contributed by atoms with Gasteiger partial charge in [0.25, 0.3) is 5.22 Å². The molecule has 0 fully saturated rings. The van der Waals surface area contributed by atoms with Crippen LogP contribution in [0.15, 0.2) is 68.8 Å². The summed E-state index contributed by atoms with van der Waals surface area (Å²) in [6.45, 7) is 0. The number of methoxy groups -OCH3 is 1. The van der Waals surface area contributed by atoms with Crippen molar-refractivity contribution >= 4 is 23.4 Å². The lowest BCUT2D eigenvalue weighted by Crippen LogP contribution is -1.89. The molecule has 8 heteroatoms. The summed E-state index contributed by atoms with van der Waals surface area (Å²) in [5, 5.41) is 13.5. The highest BCUT2D eigenvalue weighted by Gasteiger charge is 2.11. The largest absolute Gasteiger partial charge is 0.497 e. The highest BCUT2D eigenvalue weighted by molar-refractivity contribution is 7.98. The first kappa shape index (κ1) is 18.6. The molecule has 6 nitrogen and oxygen atoms in total. The predicted octanol–water partition coefficient (Wildman–Crippen LogP) is 5.27. The van der Waals surface area contributed by atoms with Crippen molar-refractivity contribution in [2.45, 2.75) is 17.4 Å². The minimum Gasteiger partial charge on any atom is -0.497 e. The van der Waals surface area contributed by atoms with E-state index < -0.39 is 0 Å². The van der Waals surface area contributed by atoms with E-state index in [1.165, 1.54) is 11.8 Å². The molecular weight excluding hydrogens is 398 g/mol. The van der Waals surface area contributed by atoms with Crippen LogP contribution in [0.4, 0.5) is 0 Å². The Morgan fingerprint density at radius 2 is 1.82 bits per heavy atom. The van der Waals surface area contributed by atoms with Gasteiger partial charge in [0.05, 0.1) is 19.3 Å². The van der Waals surface area contributed by atoms with E-state index >= 15 is 0 Å². The number of ether oxygens (including phenoxy) is 1. The first-order valence-electron chi connectivity index (χ1n) is 8.49. The maximum absolute atomic E-state index is 5.91. The number of nitrogens with zero attached hydrogens (tertiary/aromatic N) is 3. The van der Waals surface area contributed by atoms with Crippen LogP contribution in [0.25, 0.3) is 11.3 Å². The lowest BCUT2D eigenvalue weighted by atomic mass is 10.1. The van der Waals surface area contributed by atoms with Crippen molar-refractivity contribution in [2.24, 2.45) is 0 Å². The number of halogens is 1. The van der Waals surface area contributed by atoms with E-state index in [4.69, 9.17) is 25.3 Å². The first-order valence-corrected chi connectivity index (χ1v) is 9.85. The Labute approximate surface area is 170 Å². The summed E-state index contributed by atoms with van der Waals surface area (Å²) < 4.78 is 16.3. The molecule has 4 aromatic rings. The van der Waals surface area contributed by atoms with E-state index in [-0.39, 0.29) is 0 Å². The molecule has 28 heavy (non-hydrogen) atoms. The van der Waals surface area contributed by atoms with E-state index in [1.807, 2.05) is 54.6 Å². The van der Waals surface area contributed by atoms with Crippen LogP contribution in [0.5, 0.6) is 5.75 Å². The van der Waals surface area contributed by atoms with Crippen LogP contribution < -0.4 is 4.74 Å². The fraction of sp³-hybridized carbons (Fsp3) is 0.150. The fourth-order valence-corrected chi connectivity index (χ4v) is 3.34. The number of thioether (sulfide) groups is 1. The molecule has 0 N–H and O–H groups in total. The summed E-state index contributed by atoms with van der Waals surface area (Å²) >= 11 is 7.32. The summed E-state index contributed by atoms with van der Waals surface area (Å²) in [4.78, 5) is 0. The Morgan fingerprint density at radius 1 is 1.04 bits per heavy atom. The number of benzene rings is 2. The van der Waals surface area contributed by atoms with E-state index in [2.05, 4.69) is 15.4 Å². The van der Waals surface area contributed by atoms with Crippen LogP contribution in [0.3, 0.4) is 0 Å². The molecule has 0 aliphatic rings. The van der Waals surface area contributed by atoms with E-state index in [0.717, 1.165) is 28.3 Å². The number of rotatable bonds is 7. The van der Waals surface area contributed by atoms with Crippen LogP contribution in [-0.2, 0) is 12.2 Å². The fourth-order valence-electron chi connectivity index (χ4n) is 2.56. The van der Waals surface area contributed by atoms with Gasteiger partial charge in [-0.3, -0.25) is 0 Å². The Hall–Kier alpha value is -2.77. The average molecular weight is 414 g/mol. The second-order valence-electron chi connectivity index (χ2n) is 5.96. The van der Waals surface area contributed by atoms with Gasteiger partial charge in [-0.25, -0.2) is 0 Å². The van der Waals surface area contributed by atoms with Gasteiger partial charge in [-0.2, -0.15) is 0 Å². The summed E-state index contributed by atoms with van der Waals surface area (Å²) in [5.41, 5.74) is 2.78. The molecule has 2 heterocycles. The minimum absolute atomic E-state index is 0.493. The number of hydrogen-bond donors (Lipinski definition) is 0. The summed E-state index contributed by atoms with van der Waals surface area (Å²) in [5.74, 6) is 2.65. The average Bonchev–Trinajstić information content (AvgIpc) is 3.37. The van der Waals surface area contributed by atoms with Crippen LogP contribution in [0.2, 0.25) is 5.02 Å². The molecule has 0 atom stereocenters. The zero-order valence-corrected chi connectivity index (χ0v) is 16.5. The molecule has 0 bridgehead atoms. The van der Waals surface area contributed by atoms with Gasteiger partial charge in [0.1, 0.15) is 17.2 Å². The molecule has 0 aliphatic heterocycles. The van der Waals surface area contributed by atoms with E-state index in [1.54, 1.807) is 7.11 Å².